The van der Waals surface area contributed by atoms with E-state index in [4.69, 9.17) is 26.8 Å². The summed E-state index contributed by atoms with van der Waals surface area (Å²) in [6.45, 7) is 5.48. The number of carbonyl (C=O) groups is 1. The SMILES string of the molecule is CCC1NC(N)C1(C(=O)NC1CNCCC1OCCOC)C1CCCCCCC(Cl)CN1. The number of ether oxygens (including phenoxy) is 2. The van der Waals surface area contributed by atoms with Crippen molar-refractivity contribution in [2.24, 2.45) is 11.1 Å². The van der Waals surface area contributed by atoms with Crippen molar-refractivity contribution in [3.8, 4) is 0 Å². The number of halogens is 1. The van der Waals surface area contributed by atoms with E-state index < -0.39 is 5.41 Å². The largest absolute Gasteiger partial charge is 0.382 e. The average molecular weight is 474 g/mol. The molecule has 9 heteroatoms. The number of alkyl halides is 1. The Morgan fingerprint density at radius 3 is 2.66 bits per heavy atom. The first kappa shape index (κ1) is 26.1. The molecular formula is C23H44ClN5O3. The van der Waals surface area contributed by atoms with Crippen molar-refractivity contribution >= 4 is 17.5 Å². The molecule has 0 spiro atoms. The maximum absolute atomic E-state index is 14.0. The van der Waals surface area contributed by atoms with Gasteiger partial charge >= 0.3 is 0 Å². The van der Waals surface area contributed by atoms with Crippen molar-refractivity contribution in [1.82, 2.24) is 21.3 Å². The van der Waals surface area contributed by atoms with E-state index >= 15 is 0 Å². The van der Waals surface area contributed by atoms with Gasteiger partial charge in [0.05, 0.1) is 31.5 Å². The van der Waals surface area contributed by atoms with Crippen molar-refractivity contribution < 1.29 is 14.3 Å². The summed E-state index contributed by atoms with van der Waals surface area (Å²) >= 11 is 6.57. The van der Waals surface area contributed by atoms with Gasteiger partial charge in [0.2, 0.25) is 5.91 Å². The number of nitrogens with one attached hydrogen (secondary N) is 4. The van der Waals surface area contributed by atoms with Gasteiger partial charge in [0.15, 0.2) is 0 Å². The predicted molar refractivity (Wildman–Crippen MR) is 128 cm³/mol. The number of carbonyl (C=O) groups excluding carboxylic acids is 1. The minimum Gasteiger partial charge on any atom is -0.382 e. The normalized spacial score (nSPS) is 39.1. The molecule has 0 aliphatic carbocycles. The molecule has 32 heavy (non-hydrogen) atoms. The molecule has 186 valence electrons. The van der Waals surface area contributed by atoms with Crippen LogP contribution < -0.4 is 27.0 Å². The van der Waals surface area contributed by atoms with Crippen LogP contribution in [-0.4, -0.2) is 81.6 Å². The number of hydrogen-bond acceptors (Lipinski definition) is 7. The molecule has 0 aromatic heterocycles. The lowest BCUT2D eigenvalue weighted by atomic mass is 9.62. The summed E-state index contributed by atoms with van der Waals surface area (Å²) < 4.78 is 11.2. The van der Waals surface area contributed by atoms with Gasteiger partial charge in [0.25, 0.3) is 0 Å². The number of nitrogens with two attached hydrogens (primary N) is 1. The molecule has 0 aromatic rings. The summed E-state index contributed by atoms with van der Waals surface area (Å²) in [5.74, 6) is 0.0327. The highest BCUT2D eigenvalue weighted by Crippen LogP contribution is 2.42. The highest BCUT2D eigenvalue weighted by Gasteiger charge is 2.62. The molecule has 3 rings (SSSR count). The van der Waals surface area contributed by atoms with Gasteiger partial charge in [0, 0.05) is 37.7 Å². The second-order valence-electron chi connectivity index (χ2n) is 9.56. The van der Waals surface area contributed by atoms with E-state index in [2.05, 4.69) is 28.2 Å². The molecule has 0 bridgehead atoms. The van der Waals surface area contributed by atoms with E-state index in [-0.39, 0.29) is 41.7 Å². The average Bonchev–Trinajstić information content (AvgIpc) is 2.79. The zero-order valence-electron chi connectivity index (χ0n) is 19.8. The lowest BCUT2D eigenvalue weighted by Gasteiger charge is -2.58. The Morgan fingerprint density at radius 2 is 1.94 bits per heavy atom. The zero-order chi connectivity index (χ0) is 23.0. The van der Waals surface area contributed by atoms with Crippen LogP contribution in [0, 0.1) is 5.41 Å². The molecule has 3 aliphatic heterocycles. The standard InChI is InChI=1S/C23H44ClN5O3/c1-3-19-23(21(25)29-19,20-9-7-5-4-6-8-16(24)14-27-20)22(30)28-17-15-26-11-10-18(17)32-13-12-31-2/h16-21,26-27,29H,3-15,25H2,1-2H3,(H,28,30). The molecule has 1 amide bonds. The summed E-state index contributed by atoms with van der Waals surface area (Å²) in [7, 11) is 1.67. The second-order valence-corrected chi connectivity index (χ2v) is 10.2. The van der Waals surface area contributed by atoms with Gasteiger partial charge in [0.1, 0.15) is 5.41 Å². The fourth-order valence-corrected chi connectivity index (χ4v) is 5.93. The Morgan fingerprint density at radius 1 is 1.16 bits per heavy atom. The van der Waals surface area contributed by atoms with Gasteiger partial charge in [-0.05, 0) is 32.2 Å². The van der Waals surface area contributed by atoms with Crippen molar-refractivity contribution in [2.45, 2.75) is 94.1 Å². The maximum Gasteiger partial charge on any atom is 0.232 e. The van der Waals surface area contributed by atoms with E-state index in [9.17, 15) is 4.79 Å². The van der Waals surface area contributed by atoms with E-state index in [1.54, 1.807) is 7.11 Å². The van der Waals surface area contributed by atoms with Crippen LogP contribution in [-0.2, 0) is 14.3 Å². The van der Waals surface area contributed by atoms with Crippen LogP contribution in [0.1, 0.15) is 58.3 Å². The summed E-state index contributed by atoms with van der Waals surface area (Å²) in [5.41, 5.74) is 5.88. The fraction of sp³-hybridized carbons (Fsp3) is 0.957. The molecule has 3 heterocycles. The van der Waals surface area contributed by atoms with E-state index in [0.717, 1.165) is 38.6 Å². The third kappa shape index (κ3) is 5.95. The Kier molecular flexibility index (Phi) is 10.5. The highest BCUT2D eigenvalue weighted by molar-refractivity contribution is 6.20. The number of rotatable bonds is 8. The van der Waals surface area contributed by atoms with Gasteiger partial charge in [-0.25, -0.2) is 0 Å². The van der Waals surface area contributed by atoms with Crippen LogP contribution in [0.4, 0.5) is 0 Å². The molecule has 0 aromatic carbocycles. The molecule has 7 unspecified atom stereocenters. The van der Waals surface area contributed by atoms with Crippen LogP contribution in [0.5, 0.6) is 0 Å². The molecule has 0 saturated carbocycles. The van der Waals surface area contributed by atoms with Crippen molar-refractivity contribution in [2.75, 3.05) is 40.0 Å². The first-order valence-electron chi connectivity index (χ1n) is 12.5. The van der Waals surface area contributed by atoms with Crippen molar-refractivity contribution in [3.63, 3.8) is 0 Å². The van der Waals surface area contributed by atoms with Crippen molar-refractivity contribution in [3.05, 3.63) is 0 Å². The van der Waals surface area contributed by atoms with Crippen LogP contribution in [0.3, 0.4) is 0 Å². The molecule has 7 atom stereocenters. The number of piperidine rings is 1. The molecule has 3 aliphatic rings. The summed E-state index contributed by atoms with van der Waals surface area (Å²) in [4.78, 5) is 14.0. The van der Waals surface area contributed by atoms with E-state index in [1.807, 2.05) is 0 Å². The minimum atomic E-state index is -0.695. The Hall–Kier alpha value is -0.480. The Balaban J connectivity index is 1.76. The summed E-state index contributed by atoms with van der Waals surface area (Å²) in [5, 5.41) is 13.9. The predicted octanol–water partition coefficient (Wildman–Crippen LogP) is 1.07. The van der Waals surface area contributed by atoms with Gasteiger partial charge in [-0.15, -0.1) is 11.6 Å². The Labute approximate surface area is 198 Å². The molecule has 8 nitrogen and oxygen atoms in total. The van der Waals surface area contributed by atoms with E-state index in [0.29, 0.717) is 26.3 Å². The van der Waals surface area contributed by atoms with Gasteiger partial charge in [-0.3, -0.25) is 10.1 Å². The quantitative estimate of drug-likeness (QED) is 0.265. The minimum absolute atomic E-state index is 0.00698. The molecular weight excluding hydrogens is 430 g/mol. The van der Waals surface area contributed by atoms with Gasteiger partial charge in [-0.2, -0.15) is 0 Å². The smallest absolute Gasteiger partial charge is 0.232 e. The first-order valence-corrected chi connectivity index (χ1v) is 13.0. The van der Waals surface area contributed by atoms with Crippen LogP contribution in [0.2, 0.25) is 0 Å². The third-order valence-electron chi connectivity index (χ3n) is 7.55. The number of amides is 1. The number of hydrogen-bond donors (Lipinski definition) is 5. The van der Waals surface area contributed by atoms with E-state index in [1.165, 1.54) is 19.3 Å². The molecule has 0 radical (unpaired) electrons. The number of methoxy groups -OCH3 is 1. The monoisotopic (exact) mass is 473 g/mol. The molecule has 3 saturated heterocycles. The first-order chi connectivity index (χ1) is 15.5. The summed E-state index contributed by atoms with van der Waals surface area (Å²) in [6.07, 6.45) is 7.87. The fourth-order valence-electron chi connectivity index (χ4n) is 5.69. The molecule has 6 N–H and O–H groups in total. The van der Waals surface area contributed by atoms with Crippen LogP contribution >= 0.6 is 11.6 Å². The second kappa shape index (κ2) is 12.8. The highest BCUT2D eigenvalue weighted by atomic mass is 35.5. The maximum atomic E-state index is 14.0. The summed E-state index contributed by atoms with van der Waals surface area (Å²) in [6, 6.07) is -0.0563. The van der Waals surface area contributed by atoms with Crippen LogP contribution in [0.15, 0.2) is 0 Å². The van der Waals surface area contributed by atoms with Crippen LogP contribution in [0.25, 0.3) is 0 Å². The van der Waals surface area contributed by atoms with Gasteiger partial charge < -0.3 is 31.2 Å². The third-order valence-corrected chi connectivity index (χ3v) is 7.92. The van der Waals surface area contributed by atoms with Gasteiger partial charge in [-0.1, -0.05) is 32.6 Å². The zero-order valence-corrected chi connectivity index (χ0v) is 20.6. The van der Waals surface area contributed by atoms with Crippen molar-refractivity contribution in [1.29, 1.82) is 0 Å². The topological polar surface area (TPSA) is 110 Å². The lowest BCUT2D eigenvalue weighted by Crippen LogP contribution is -2.83. The molecule has 3 fully saturated rings. The Bertz CT molecular complexity index is 586. The lowest BCUT2D eigenvalue weighted by molar-refractivity contribution is -0.150.